The average Bonchev–Trinajstić information content (AvgIpc) is 2.19. The lowest BCUT2D eigenvalue weighted by Crippen LogP contribution is -2.00. The number of halogens is 2. The SMILES string of the molecule is OCCCCOc1cccc(Cl)c1F. The molecular weight excluding hydrogens is 207 g/mol. The van der Waals surface area contributed by atoms with Crippen LogP contribution in [-0.4, -0.2) is 18.3 Å². The maximum atomic E-state index is 13.2. The summed E-state index contributed by atoms with van der Waals surface area (Å²) < 4.78 is 18.4. The zero-order valence-electron chi connectivity index (χ0n) is 7.67. The monoisotopic (exact) mass is 218 g/mol. The summed E-state index contributed by atoms with van der Waals surface area (Å²) in [6.45, 7) is 0.513. The number of hydrogen-bond acceptors (Lipinski definition) is 2. The van der Waals surface area contributed by atoms with Gasteiger partial charge in [-0.05, 0) is 25.0 Å². The Morgan fingerprint density at radius 3 is 2.86 bits per heavy atom. The molecule has 0 aliphatic carbocycles. The Bertz CT molecular complexity index is 291. The van der Waals surface area contributed by atoms with E-state index in [9.17, 15) is 4.39 Å². The fourth-order valence-corrected chi connectivity index (χ4v) is 1.16. The molecule has 0 fully saturated rings. The highest BCUT2D eigenvalue weighted by Crippen LogP contribution is 2.23. The van der Waals surface area contributed by atoms with Crippen LogP contribution in [0.2, 0.25) is 5.02 Å². The van der Waals surface area contributed by atoms with Gasteiger partial charge in [-0.15, -0.1) is 0 Å². The third-order valence-electron chi connectivity index (χ3n) is 1.73. The second-order valence-electron chi connectivity index (χ2n) is 2.83. The molecule has 0 radical (unpaired) electrons. The lowest BCUT2D eigenvalue weighted by Gasteiger charge is -2.06. The highest BCUT2D eigenvalue weighted by molar-refractivity contribution is 6.30. The molecule has 0 spiro atoms. The maximum absolute atomic E-state index is 13.2. The van der Waals surface area contributed by atoms with Crippen molar-refractivity contribution in [3.05, 3.63) is 29.0 Å². The standard InChI is InChI=1S/C10H12ClFO2/c11-8-4-3-5-9(10(8)12)14-7-2-1-6-13/h3-5,13H,1-2,6-7H2. The topological polar surface area (TPSA) is 29.5 Å². The first kappa shape index (κ1) is 11.3. The summed E-state index contributed by atoms with van der Waals surface area (Å²) in [4.78, 5) is 0. The lowest BCUT2D eigenvalue weighted by molar-refractivity contribution is 0.248. The second kappa shape index (κ2) is 5.83. The fraction of sp³-hybridized carbons (Fsp3) is 0.400. The number of ether oxygens (including phenoxy) is 1. The van der Waals surface area contributed by atoms with E-state index in [0.717, 1.165) is 0 Å². The van der Waals surface area contributed by atoms with Gasteiger partial charge in [-0.25, -0.2) is 4.39 Å². The molecule has 0 bridgehead atoms. The number of aliphatic hydroxyl groups is 1. The van der Waals surface area contributed by atoms with Gasteiger partial charge in [-0.2, -0.15) is 0 Å². The van der Waals surface area contributed by atoms with Crippen LogP contribution >= 0.6 is 11.6 Å². The van der Waals surface area contributed by atoms with E-state index in [-0.39, 0.29) is 17.4 Å². The predicted octanol–water partition coefficient (Wildman–Crippen LogP) is 2.63. The van der Waals surface area contributed by atoms with Crippen molar-refractivity contribution in [1.82, 2.24) is 0 Å². The smallest absolute Gasteiger partial charge is 0.183 e. The van der Waals surface area contributed by atoms with Gasteiger partial charge >= 0.3 is 0 Å². The molecular formula is C10H12ClFO2. The largest absolute Gasteiger partial charge is 0.490 e. The summed E-state index contributed by atoms with van der Waals surface area (Å²) in [5.41, 5.74) is 0. The molecule has 1 rings (SSSR count). The molecule has 78 valence electrons. The Morgan fingerprint density at radius 1 is 1.36 bits per heavy atom. The van der Waals surface area contributed by atoms with Gasteiger partial charge in [0.2, 0.25) is 0 Å². The van der Waals surface area contributed by atoms with Crippen molar-refractivity contribution in [3.63, 3.8) is 0 Å². The maximum Gasteiger partial charge on any atom is 0.183 e. The zero-order valence-corrected chi connectivity index (χ0v) is 8.43. The molecule has 0 saturated carbocycles. The minimum absolute atomic E-state index is 0.0599. The molecule has 0 unspecified atom stereocenters. The van der Waals surface area contributed by atoms with Crippen molar-refractivity contribution in [2.24, 2.45) is 0 Å². The normalized spacial score (nSPS) is 10.2. The van der Waals surface area contributed by atoms with E-state index in [0.29, 0.717) is 19.4 Å². The molecule has 0 aliphatic rings. The highest BCUT2D eigenvalue weighted by atomic mass is 35.5. The van der Waals surface area contributed by atoms with E-state index in [1.807, 2.05) is 0 Å². The first-order valence-electron chi connectivity index (χ1n) is 4.43. The summed E-state index contributed by atoms with van der Waals surface area (Å²) in [7, 11) is 0. The van der Waals surface area contributed by atoms with Crippen LogP contribution in [0, 0.1) is 5.82 Å². The first-order valence-corrected chi connectivity index (χ1v) is 4.81. The molecule has 2 nitrogen and oxygen atoms in total. The molecule has 0 atom stereocenters. The van der Waals surface area contributed by atoms with E-state index >= 15 is 0 Å². The third-order valence-corrected chi connectivity index (χ3v) is 2.02. The van der Waals surface area contributed by atoms with Crippen LogP contribution in [0.4, 0.5) is 4.39 Å². The minimum atomic E-state index is -0.529. The molecule has 4 heteroatoms. The second-order valence-corrected chi connectivity index (χ2v) is 3.24. The average molecular weight is 219 g/mol. The first-order chi connectivity index (χ1) is 6.75. The van der Waals surface area contributed by atoms with Gasteiger partial charge in [0.1, 0.15) is 0 Å². The van der Waals surface area contributed by atoms with Crippen LogP contribution in [-0.2, 0) is 0 Å². The van der Waals surface area contributed by atoms with Crippen molar-refractivity contribution >= 4 is 11.6 Å². The highest BCUT2D eigenvalue weighted by Gasteiger charge is 2.06. The number of aliphatic hydroxyl groups excluding tert-OH is 1. The quantitative estimate of drug-likeness (QED) is 0.770. The van der Waals surface area contributed by atoms with Gasteiger partial charge in [0.15, 0.2) is 11.6 Å². The molecule has 1 aromatic carbocycles. The Kier molecular flexibility index (Phi) is 4.70. The van der Waals surface area contributed by atoms with Crippen molar-refractivity contribution in [3.8, 4) is 5.75 Å². The Balaban J connectivity index is 2.46. The summed E-state index contributed by atoms with van der Waals surface area (Å²) in [5, 5.41) is 8.57. The summed E-state index contributed by atoms with van der Waals surface area (Å²) in [5.74, 6) is -0.367. The van der Waals surface area contributed by atoms with Gasteiger partial charge in [-0.1, -0.05) is 17.7 Å². The lowest BCUT2D eigenvalue weighted by atomic mass is 10.3. The van der Waals surface area contributed by atoms with Crippen molar-refractivity contribution < 1.29 is 14.2 Å². The van der Waals surface area contributed by atoms with Crippen molar-refractivity contribution in [2.45, 2.75) is 12.8 Å². The number of benzene rings is 1. The number of hydrogen-bond donors (Lipinski definition) is 1. The molecule has 0 amide bonds. The summed E-state index contributed by atoms with van der Waals surface area (Å²) in [6, 6.07) is 4.63. The number of unbranched alkanes of at least 4 members (excludes halogenated alkanes) is 1. The third kappa shape index (κ3) is 3.16. The van der Waals surface area contributed by atoms with Gasteiger partial charge in [0.25, 0.3) is 0 Å². The van der Waals surface area contributed by atoms with E-state index in [2.05, 4.69) is 0 Å². The predicted molar refractivity (Wildman–Crippen MR) is 53.2 cm³/mol. The minimum Gasteiger partial charge on any atom is -0.490 e. The number of rotatable bonds is 5. The Hall–Kier alpha value is -0.800. The Labute approximate surface area is 87.3 Å². The van der Waals surface area contributed by atoms with Crippen LogP contribution < -0.4 is 4.74 Å². The summed E-state index contributed by atoms with van der Waals surface area (Å²) >= 11 is 5.56. The van der Waals surface area contributed by atoms with Gasteiger partial charge in [-0.3, -0.25) is 0 Å². The molecule has 1 aromatic rings. The fourth-order valence-electron chi connectivity index (χ4n) is 0.991. The van der Waals surface area contributed by atoms with Crippen LogP contribution in [0.25, 0.3) is 0 Å². The van der Waals surface area contributed by atoms with E-state index in [4.69, 9.17) is 21.4 Å². The molecule has 14 heavy (non-hydrogen) atoms. The van der Waals surface area contributed by atoms with Crippen LogP contribution in [0.5, 0.6) is 5.75 Å². The van der Waals surface area contributed by atoms with Crippen molar-refractivity contribution in [2.75, 3.05) is 13.2 Å². The van der Waals surface area contributed by atoms with Gasteiger partial charge in [0.05, 0.1) is 11.6 Å². The zero-order chi connectivity index (χ0) is 10.4. The molecule has 0 aromatic heterocycles. The molecule has 0 saturated heterocycles. The Morgan fingerprint density at radius 2 is 2.14 bits per heavy atom. The van der Waals surface area contributed by atoms with Crippen molar-refractivity contribution in [1.29, 1.82) is 0 Å². The van der Waals surface area contributed by atoms with Gasteiger partial charge in [0, 0.05) is 6.61 Å². The van der Waals surface area contributed by atoms with E-state index in [1.54, 1.807) is 6.07 Å². The van der Waals surface area contributed by atoms with Gasteiger partial charge < -0.3 is 9.84 Å². The molecule has 1 N–H and O–H groups in total. The van der Waals surface area contributed by atoms with E-state index < -0.39 is 5.82 Å². The molecule has 0 heterocycles. The van der Waals surface area contributed by atoms with Crippen LogP contribution in [0.1, 0.15) is 12.8 Å². The van der Waals surface area contributed by atoms with E-state index in [1.165, 1.54) is 12.1 Å². The van der Waals surface area contributed by atoms with Crippen LogP contribution in [0.3, 0.4) is 0 Å². The van der Waals surface area contributed by atoms with Crippen LogP contribution in [0.15, 0.2) is 18.2 Å². The molecule has 0 aliphatic heterocycles. The summed E-state index contributed by atoms with van der Waals surface area (Å²) in [6.07, 6.45) is 1.35.